The van der Waals surface area contributed by atoms with Gasteiger partial charge < -0.3 is 10.2 Å². The monoisotopic (exact) mass is 370 g/mol. The van der Waals surface area contributed by atoms with Crippen molar-refractivity contribution in [3.63, 3.8) is 0 Å². The number of aryl methyl sites for hydroxylation is 1. The Hall–Kier alpha value is -1.76. The number of likely N-dealkylation sites (tertiary alicyclic amines) is 2. The van der Waals surface area contributed by atoms with Gasteiger partial charge in [0.2, 0.25) is 0 Å². The van der Waals surface area contributed by atoms with E-state index in [1.54, 1.807) is 11.3 Å². The number of nitrogens with one attached hydrogen (secondary N) is 1. The Labute approximate surface area is 159 Å². The maximum Gasteiger partial charge on any atom is 0.251 e. The summed E-state index contributed by atoms with van der Waals surface area (Å²) in [5.41, 5.74) is 4.15. The zero-order valence-electron chi connectivity index (χ0n) is 15.4. The second-order valence-electron chi connectivity index (χ2n) is 7.84. The van der Waals surface area contributed by atoms with E-state index >= 15 is 0 Å². The molecule has 1 unspecified atom stereocenters. The average molecular weight is 371 g/mol. The molecule has 1 amide bonds. The Kier molecular flexibility index (Phi) is 4.82. The molecule has 1 spiro atoms. The van der Waals surface area contributed by atoms with Crippen LogP contribution in [0.3, 0.4) is 0 Å². The van der Waals surface area contributed by atoms with Crippen molar-refractivity contribution in [1.82, 2.24) is 20.1 Å². The van der Waals surface area contributed by atoms with E-state index in [2.05, 4.69) is 34.1 Å². The van der Waals surface area contributed by atoms with Gasteiger partial charge in [-0.3, -0.25) is 9.69 Å². The minimum absolute atomic E-state index is 0.0340. The predicted octanol–water partition coefficient (Wildman–Crippen LogP) is 2.25. The van der Waals surface area contributed by atoms with E-state index in [9.17, 15) is 4.79 Å². The smallest absolute Gasteiger partial charge is 0.251 e. The summed E-state index contributed by atoms with van der Waals surface area (Å²) in [7, 11) is 2.19. The van der Waals surface area contributed by atoms with Crippen molar-refractivity contribution in [2.45, 2.75) is 13.5 Å². The highest BCUT2D eigenvalue weighted by Crippen LogP contribution is 2.44. The topological polar surface area (TPSA) is 48.5 Å². The molecule has 138 valence electrons. The lowest BCUT2D eigenvalue weighted by atomic mass is 9.71. The van der Waals surface area contributed by atoms with Gasteiger partial charge in [0.25, 0.3) is 5.91 Å². The summed E-state index contributed by atoms with van der Waals surface area (Å²) in [6.45, 7) is 8.25. The van der Waals surface area contributed by atoms with Gasteiger partial charge in [0, 0.05) is 55.1 Å². The lowest BCUT2D eigenvalue weighted by molar-refractivity contribution is -0.0255. The minimum Gasteiger partial charge on any atom is -0.352 e. The van der Waals surface area contributed by atoms with Gasteiger partial charge in [0.1, 0.15) is 0 Å². The van der Waals surface area contributed by atoms with Crippen molar-refractivity contribution in [3.8, 4) is 0 Å². The molecule has 2 aliphatic rings. The van der Waals surface area contributed by atoms with Gasteiger partial charge in [-0.2, -0.15) is 0 Å². The Bertz CT molecular complexity index is 769. The molecule has 6 heteroatoms. The Morgan fingerprint density at radius 3 is 2.77 bits per heavy atom. The molecule has 0 bridgehead atoms. The molecule has 2 aromatic rings. The molecule has 1 N–H and O–H groups in total. The molecule has 0 saturated carbocycles. The van der Waals surface area contributed by atoms with Crippen LogP contribution in [0.4, 0.5) is 0 Å². The molecule has 5 nitrogen and oxygen atoms in total. The summed E-state index contributed by atoms with van der Waals surface area (Å²) in [5.74, 6) is 0.547. The van der Waals surface area contributed by atoms with Crippen molar-refractivity contribution in [1.29, 1.82) is 0 Å². The number of amides is 1. The summed E-state index contributed by atoms with van der Waals surface area (Å²) < 4.78 is 0. The zero-order valence-corrected chi connectivity index (χ0v) is 16.3. The molecule has 4 rings (SSSR count). The zero-order chi connectivity index (χ0) is 18.1. The van der Waals surface area contributed by atoms with Crippen molar-refractivity contribution >= 4 is 17.2 Å². The molecule has 1 aromatic heterocycles. The third-order valence-corrected chi connectivity index (χ3v) is 6.74. The van der Waals surface area contributed by atoms with Gasteiger partial charge in [-0.05, 0) is 32.0 Å². The second kappa shape index (κ2) is 7.10. The minimum atomic E-state index is 0.0340. The molecule has 1 aromatic carbocycles. The maximum atomic E-state index is 12.4. The summed E-state index contributed by atoms with van der Waals surface area (Å²) in [6.07, 6.45) is 0. The standard InChI is InChI=1S/C20H26N4OS/c1-15-18(26-14-22-15)10-24-12-20(13-24)11-23(2)9-17(20)8-21-19(25)16-6-4-3-5-7-16/h3-7,14,17H,8-13H2,1-2H3,(H,21,25). The van der Waals surface area contributed by atoms with Crippen LogP contribution in [0.15, 0.2) is 35.8 Å². The first-order chi connectivity index (χ1) is 12.6. The van der Waals surface area contributed by atoms with Gasteiger partial charge in [-0.15, -0.1) is 11.3 Å². The van der Waals surface area contributed by atoms with Crippen molar-refractivity contribution in [3.05, 3.63) is 52.0 Å². The highest BCUT2D eigenvalue weighted by Gasteiger charge is 2.52. The van der Waals surface area contributed by atoms with E-state index in [1.807, 2.05) is 35.8 Å². The normalized spacial score (nSPS) is 22.5. The van der Waals surface area contributed by atoms with Crippen molar-refractivity contribution in [2.75, 3.05) is 39.8 Å². The summed E-state index contributed by atoms with van der Waals surface area (Å²) in [4.78, 5) is 23.0. The van der Waals surface area contributed by atoms with Crippen LogP contribution in [-0.4, -0.2) is 60.5 Å². The molecule has 1 atom stereocenters. The highest BCUT2D eigenvalue weighted by atomic mass is 32.1. The molecule has 2 fully saturated rings. The van der Waals surface area contributed by atoms with E-state index in [0.29, 0.717) is 11.3 Å². The van der Waals surface area contributed by atoms with Crippen molar-refractivity contribution < 1.29 is 4.79 Å². The van der Waals surface area contributed by atoms with Crippen LogP contribution >= 0.6 is 11.3 Å². The number of aromatic nitrogens is 1. The number of hydrogen-bond donors (Lipinski definition) is 1. The largest absolute Gasteiger partial charge is 0.352 e. The molecular weight excluding hydrogens is 344 g/mol. The Morgan fingerprint density at radius 2 is 2.08 bits per heavy atom. The number of benzene rings is 1. The second-order valence-corrected chi connectivity index (χ2v) is 8.78. The third-order valence-electron chi connectivity index (χ3n) is 5.82. The number of nitrogens with zero attached hydrogens (tertiary/aromatic N) is 3. The van der Waals surface area contributed by atoms with Crippen LogP contribution in [0.2, 0.25) is 0 Å². The first kappa shape index (κ1) is 17.6. The van der Waals surface area contributed by atoms with Crippen LogP contribution in [0.5, 0.6) is 0 Å². The highest BCUT2D eigenvalue weighted by molar-refractivity contribution is 7.09. The predicted molar refractivity (Wildman–Crippen MR) is 104 cm³/mol. The fourth-order valence-corrected chi connectivity index (χ4v) is 5.30. The summed E-state index contributed by atoms with van der Waals surface area (Å²) in [6, 6.07) is 9.49. The van der Waals surface area contributed by atoms with Gasteiger partial charge in [-0.25, -0.2) is 4.98 Å². The van der Waals surface area contributed by atoms with Gasteiger partial charge in [0.05, 0.1) is 11.2 Å². The number of carbonyl (C=O) groups excluding carboxylic acids is 1. The van der Waals surface area contributed by atoms with Gasteiger partial charge >= 0.3 is 0 Å². The average Bonchev–Trinajstić information content (AvgIpc) is 3.16. The van der Waals surface area contributed by atoms with Gasteiger partial charge in [-0.1, -0.05) is 18.2 Å². The number of carbonyl (C=O) groups is 1. The summed E-state index contributed by atoms with van der Waals surface area (Å²) in [5, 5.41) is 3.16. The van der Waals surface area contributed by atoms with Crippen LogP contribution in [0.1, 0.15) is 20.9 Å². The lowest BCUT2D eigenvalue weighted by Crippen LogP contribution is -2.61. The molecule has 2 saturated heterocycles. The maximum absolute atomic E-state index is 12.4. The van der Waals surface area contributed by atoms with E-state index in [0.717, 1.165) is 50.5 Å². The van der Waals surface area contributed by atoms with Crippen LogP contribution in [-0.2, 0) is 6.54 Å². The first-order valence-corrected chi connectivity index (χ1v) is 10.1. The van der Waals surface area contributed by atoms with Crippen LogP contribution < -0.4 is 5.32 Å². The fourth-order valence-electron chi connectivity index (χ4n) is 4.49. The van der Waals surface area contributed by atoms with Gasteiger partial charge in [0.15, 0.2) is 0 Å². The third kappa shape index (κ3) is 3.41. The molecule has 26 heavy (non-hydrogen) atoms. The Morgan fingerprint density at radius 1 is 1.31 bits per heavy atom. The number of thiazole rings is 1. The first-order valence-electron chi connectivity index (χ1n) is 9.19. The molecule has 3 heterocycles. The van der Waals surface area contributed by atoms with Crippen LogP contribution in [0, 0.1) is 18.3 Å². The number of rotatable bonds is 5. The van der Waals surface area contributed by atoms with Crippen molar-refractivity contribution in [2.24, 2.45) is 11.3 Å². The molecule has 2 aliphatic heterocycles. The van der Waals surface area contributed by atoms with Crippen LogP contribution in [0.25, 0.3) is 0 Å². The summed E-state index contributed by atoms with van der Waals surface area (Å²) >= 11 is 1.75. The van der Waals surface area contributed by atoms with E-state index < -0.39 is 0 Å². The molecule has 0 radical (unpaired) electrons. The van der Waals surface area contributed by atoms with E-state index in [-0.39, 0.29) is 5.91 Å². The quantitative estimate of drug-likeness (QED) is 0.877. The molecule has 0 aliphatic carbocycles. The number of hydrogen-bond acceptors (Lipinski definition) is 5. The van der Waals surface area contributed by atoms with E-state index in [4.69, 9.17) is 0 Å². The lowest BCUT2D eigenvalue weighted by Gasteiger charge is -2.51. The Balaban J connectivity index is 1.34. The fraction of sp³-hybridized carbons (Fsp3) is 0.500. The molecular formula is C20H26N4OS. The SMILES string of the molecule is Cc1ncsc1CN1CC2(CN(C)CC2CNC(=O)c2ccccc2)C1. The van der Waals surface area contributed by atoms with E-state index in [1.165, 1.54) is 4.88 Å².